The first kappa shape index (κ1) is 45.8. The molecule has 0 atom stereocenters. The van der Waals surface area contributed by atoms with E-state index in [1.54, 1.807) is 0 Å². The smallest absolute Gasteiger partial charge is 0.0712 e. The quantitative estimate of drug-likeness (QED) is 0.146. The van der Waals surface area contributed by atoms with E-state index in [0.717, 1.165) is 16.7 Å². The highest BCUT2D eigenvalue weighted by Crippen LogP contribution is 2.51. The number of benzene rings is 9. The third kappa shape index (κ3) is 10.1. The molecule has 1 N–H and O–H groups in total. The van der Waals surface area contributed by atoms with Crippen LogP contribution in [-0.2, 0) is 12.0 Å². The number of para-hydroxylation sites is 2. The Morgan fingerprint density at radius 2 is 0.692 bits per heavy atom. The van der Waals surface area contributed by atoms with Crippen LogP contribution in [0.1, 0.15) is 66.8 Å². The molecular formula is C63H61NO. The van der Waals surface area contributed by atoms with Crippen LogP contribution in [-0.4, -0.2) is 5.11 Å². The normalized spacial score (nSPS) is 10.8. The minimum atomic E-state index is -0.620. The summed E-state index contributed by atoms with van der Waals surface area (Å²) in [6, 6.07) is 78.9. The number of hydrogen-bond acceptors (Lipinski definition) is 2. The van der Waals surface area contributed by atoms with Crippen molar-refractivity contribution in [1.29, 1.82) is 0 Å². The largest absolute Gasteiger partial charge is 0.392 e. The van der Waals surface area contributed by atoms with Gasteiger partial charge in [0, 0.05) is 17.1 Å². The summed E-state index contributed by atoms with van der Waals surface area (Å²) in [7, 11) is 0. The van der Waals surface area contributed by atoms with Gasteiger partial charge in [-0.1, -0.05) is 199 Å². The molecule has 9 aromatic rings. The predicted molar refractivity (Wildman–Crippen MR) is 277 cm³/mol. The van der Waals surface area contributed by atoms with Crippen LogP contribution in [0.4, 0.5) is 17.1 Å². The molecule has 2 nitrogen and oxygen atoms in total. The van der Waals surface area contributed by atoms with Gasteiger partial charge in [0.15, 0.2) is 0 Å². The average molecular weight is 848 g/mol. The molecule has 65 heavy (non-hydrogen) atoms. The van der Waals surface area contributed by atoms with Gasteiger partial charge in [0.25, 0.3) is 0 Å². The molecule has 0 heterocycles. The molecule has 0 unspecified atom stereocenters. The maximum Gasteiger partial charge on any atom is 0.0712 e. The summed E-state index contributed by atoms with van der Waals surface area (Å²) in [5, 5.41) is 11.2. The Labute approximate surface area is 388 Å². The van der Waals surface area contributed by atoms with Crippen molar-refractivity contribution in [2.75, 3.05) is 4.90 Å². The Morgan fingerprint density at radius 1 is 0.323 bits per heavy atom. The van der Waals surface area contributed by atoms with E-state index in [-0.39, 0.29) is 6.61 Å². The topological polar surface area (TPSA) is 23.5 Å². The molecule has 0 bridgehead atoms. The van der Waals surface area contributed by atoms with E-state index in [2.05, 4.69) is 247 Å². The summed E-state index contributed by atoms with van der Waals surface area (Å²) in [5.74, 6) is 0. The molecule has 0 saturated heterocycles. The highest BCUT2D eigenvalue weighted by Gasteiger charge is 2.43. The molecule has 0 spiro atoms. The molecule has 0 aliphatic carbocycles. The standard InChI is InChI=1S/C37H36O.C19H17N.C7H8/c1-25-14-6-10-18-30(25)36-29(5)22-23-35(31(36)24-38)37(32-19-11-7-15-26(32)2,33-20-12-8-16-27(33)3)34-21-13-9-17-28(34)4;1-16-12-14-19(15-13-16)20(17-8-4-2-5-9-17)18-10-6-3-7-11-18;1-7-5-3-2-4-6-7/h6-23,38H,24H2,1-5H3;2-15H,1H3;2-6H,1H3. The molecule has 0 aliphatic heterocycles. The second-order valence-corrected chi connectivity index (χ2v) is 16.9. The van der Waals surface area contributed by atoms with Gasteiger partial charge in [-0.2, -0.15) is 0 Å². The van der Waals surface area contributed by atoms with Crippen molar-refractivity contribution in [2.24, 2.45) is 0 Å². The number of aliphatic hydroxyl groups excluding tert-OH is 1. The van der Waals surface area contributed by atoms with Gasteiger partial charge in [-0.15, -0.1) is 0 Å². The van der Waals surface area contributed by atoms with Crippen LogP contribution in [0.2, 0.25) is 0 Å². The van der Waals surface area contributed by atoms with Crippen LogP contribution < -0.4 is 4.90 Å². The van der Waals surface area contributed by atoms with Crippen molar-refractivity contribution in [2.45, 2.75) is 60.5 Å². The zero-order valence-electron chi connectivity index (χ0n) is 39.0. The summed E-state index contributed by atoms with van der Waals surface area (Å²) in [6.45, 7) is 15.1. The van der Waals surface area contributed by atoms with E-state index in [1.165, 1.54) is 78.3 Å². The van der Waals surface area contributed by atoms with Crippen molar-refractivity contribution in [3.8, 4) is 11.1 Å². The number of hydrogen-bond donors (Lipinski definition) is 1. The molecule has 324 valence electrons. The lowest BCUT2D eigenvalue weighted by Crippen LogP contribution is -2.35. The van der Waals surface area contributed by atoms with Gasteiger partial charge >= 0.3 is 0 Å². The predicted octanol–water partition coefficient (Wildman–Crippen LogP) is 16.2. The molecule has 2 heteroatoms. The molecule has 0 aliphatic rings. The van der Waals surface area contributed by atoms with E-state index in [1.807, 2.05) is 30.3 Å². The minimum absolute atomic E-state index is 0.0495. The first-order chi connectivity index (χ1) is 31.6. The second kappa shape index (κ2) is 21.4. The fourth-order valence-corrected chi connectivity index (χ4v) is 9.19. The minimum Gasteiger partial charge on any atom is -0.392 e. The lowest BCUT2D eigenvalue weighted by molar-refractivity contribution is 0.280. The zero-order valence-corrected chi connectivity index (χ0v) is 39.0. The van der Waals surface area contributed by atoms with E-state index < -0.39 is 5.41 Å². The number of aryl methyl sites for hydroxylation is 7. The molecule has 0 amide bonds. The second-order valence-electron chi connectivity index (χ2n) is 16.9. The van der Waals surface area contributed by atoms with Gasteiger partial charge in [0.1, 0.15) is 0 Å². The van der Waals surface area contributed by atoms with Gasteiger partial charge in [-0.05, 0) is 152 Å². The van der Waals surface area contributed by atoms with Gasteiger partial charge in [0.05, 0.1) is 12.0 Å². The van der Waals surface area contributed by atoms with Gasteiger partial charge in [0.2, 0.25) is 0 Å². The monoisotopic (exact) mass is 847 g/mol. The molecule has 0 radical (unpaired) electrons. The first-order valence-corrected chi connectivity index (χ1v) is 22.6. The molecule has 9 rings (SSSR count). The van der Waals surface area contributed by atoms with Crippen molar-refractivity contribution >= 4 is 17.1 Å². The Kier molecular flexibility index (Phi) is 15.1. The highest BCUT2D eigenvalue weighted by atomic mass is 16.3. The van der Waals surface area contributed by atoms with Crippen LogP contribution in [0.5, 0.6) is 0 Å². The van der Waals surface area contributed by atoms with Gasteiger partial charge < -0.3 is 10.0 Å². The summed E-state index contributed by atoms with van der Waals surface area (Å²) in [4.78, 5) is 2.26. The van der Waals surface area contributed by atoms with E-state index >= 15 is 0 Å². The summed E-state index contributed by atoms with van der Waals surface area (Å²) in [5.41, 5.74) is 19.6. The average Bonchev–Trinajstić information content (AvgIpc) is 3.33. The van der Waals surface area contributed by atoms with Gasteiger partial charge in [-0.3, -0.25) is 0 Å². The molecule has 0 fully saturated rings. The Morgan fingerprint density at radius 3 is 1.09 bits per heavy atom. The number of aliphatic hydroxyl groups is 1. The molecule has 9 aromatic carbocycles. The van der Waals surface area contributed by atoms with E-state index in [4.69, 9.17) is 0 Å². The van der Waals surface area contributed by atoms with Crippen LogP contribution in [0.3, 0.4) is 0 Å². The number of anilines is 3. The van der Waals surface area contributed by atoms with Crippen LogP contribution in [0, 0.1) is 48.5 Å². The van der Waals surface area contributed by atoms with Crippen LogP contribution >= 0.6 is 0 Å². The third-order valence-electron chi connectivity index (χ3n) is 12.4. The van der Waals surface area contributed by atoms with Crippen LogP contribution in [0.15, 0.2) is 224 Å². The maximum absolute atomic E-state index is 11.2. The van der Waals surface area contributed by atoms with Crippen molar-refractivity contribution in [3.63, 3.8) is 0 Å². The van der Waals surface area contributed by atoms with E-state index in [0.29, 0.717) is 0 Å². The molecule has 0 aromatic heterocycles. The number of nitrogens with zero attached hydrogens (tertiary/aromatic N) is 1. The SMILES string of the molecule is Cc1ccc(N(c2ccccc2)c2ccccc2)cc1.Cc1ccccc1.Cc1ccccc1-c1c(C)ccc(C(c2ccccc2C)(c2ccccc2C)c2ccccc2C)c1CO. The van der Waals surface area contributed by atoms with Crippen LogP contribution in [0.25, 0.3) is 11.1 Å². The van der Waals surface area contributed by atoms with E-state index in [9.17, 15) is 5.11 Å². The third-order valence-corrected chi connectivity index (χ3v) is 12.4. The number of rotatable bonds is 9. The molecule has 0 saturated carbocycles. The summed E-state index contributed by atoms with van der Waals surface area (Å²) >= 11 is 0. The first-order valence-electron chi connectivity index (χ1n) is 22.6. The summed E-state index contributed by atoms with van der Waals surface area (Å²) < 4.78 is 0. The lowest BCUT2D eigenvalue weighted by atomic mass is 9.60. The maximum atomic E-state index is 11.2. The van der Waals surface area contributed by atoms with Crippen molar-refractivity contribution in [3.05, 3.63) is 291 Å². The van der Waals surface area contributed by atoms with Crippen molar-refractivity contribution in [1.82, 2.24) is 0 Å². The fraction of sp³-hybridized carbons (Fsp3) is 0.143. The molecular weight excluding hydrogens is 787 g/mol. The Balaban J connectivity index is 0.000000192. The Hall–Kier alpha value is -7.26. The fourth-order valence-electron chi connectivity index (χ4n) is 9.19. The zero-order chi connectivity index (χ0) is 45.8. The van der Waals surface area contributed by atoms with Crippen molar-refractivity contribution < 1.29 is 5.11 Å². The van der Waals surface area contributed by atoms with Gasteiger partial charge in [-0.25, -0.2) is 0 Å². The lowest BCUT2D eigenvalue weighted by Gasteiger charge is -2.41. The Bertz CT molecular complexity index is 2770. The summed E-state index contributed by atoms with van der Waals surface area (Å²) in [6.07, 6.45) is 0. The highest BCUT2D eigenvalue weighted by molar-refractivity contribution is 5.79.